The number of thioether (sulfide) groups is 1. The maximum Gasteiger partial charge on any atom is 0.266 e. The van der Waals surface area contributed by atoms with Crippen LogP contribution in [-0.2, 0) is 4.79 Å². The fraction of sp³-hybridized carbons (Fsp3) is 0.300. The SMILES string of the molecule is CCOc1ccc(-n2c(C)cc(/C=C3\SC(=NC)N(C)C3=O)c2C)cc1. The van der Waals surface area contributed by atoms with Crippen molar-refractivity contribution < 1.29 is 9.53 Å². The number of likely N-dealkylation sites (N-methyl/N-ethyl adjacent to an activating group) is 1. The molecular formula is C20H23N3O2S. The largest absolute Gasteiger partial charge is 0.494 e. The topological polar surface area (TPSA) is 46.8 Å². The number of carbonyl (C=O) groups excluding carboxylic acids is 1. The molecule has 0 atom stereocenters. The van der Waals surface area contributed by atoms with Crippen molar-refractivity contribution in [3.63, 3.8) is 0 Å². The van der Waals surface area contributed by atoms with Crippen LogP contribution in [0.2, 0.25) is 0 Å². The van der Waals surface area contributed by atoms with E-state index in [1.807, 2.05) is 37.3 Å². The van der Waals surface area contributed by atoms with E-state index in [1.54, 1.807) is 19.0 Å². The number of aromatic nitrogens is 1. The van der Waals surface area contributed by atoms with Crippen LogP contribution < -0.4 is 4.74 Å². The first kappa shape index (κ1) is 18.3. The summed E-state index contributed by atoms with van der Waals surface area (Å²) in [7, 11) is 3.45. The van der Waals surface area contributed by atoms with E-state index in [-0.39, 0.29) is 5.91 Å². The minimum atomic E-state index is -0.0125. The minimum Gasteiger partial charge on any atom is -0.494 e. The molecule has 5 nitrogen and oxygen atoms in total. The monoisotopic (exact) mass is 369 g/mol. The van der Waals surface area contributed by atoms with Gasteiger partial charge in [-0.25, -0.2) is 0 Å². The van der Waals surface area contributed by atoms with E-state index in [0.29, 0.717) is 11.5 Å². The molecule has 2 heterocycles. The Hall–Kier alpha value is -2.47. The Morgan fingerprint density at radius 1 is 1.23 bits per heavy atom. The van der Waals surface area contributed by atoms with Crippen molar-refractivity contribution in [2.24, 2.45) is 4.99 Å². The first-order chi connectivity index (χ1) is 12.5. The van der Waals surface area contributed by atoms with Crippen molar-refractivity contribution in [2.75, 3.05) is 20.7 Å². The molecule has 0 aliphatic carbocycles. The second kappa shape index (κ2) is 7.41. The van der Waals surface area contributed by atoms with Crippen molar-refractivity contribution in [1.29, 1.82) is 0 Å². The van der Waals surface area contributed by atoms with Gasteiger partial charge in [0, 0.05) is 31.2 Å². The van der Waals surface area contributed by atoms with E-state index in [9.17, 15) is 4.79 Å². The Balaban J connectivity index is 1.96. The summed E-state index contributed by atoms with van der Waals surface area (Å²) in [6.45, 7) is 6.77. The lowest BCUT2D eigenvalue weighted by atomic mass is 10.2. The third-order valence-electron chi connectivity index (χ3n) is 4.36. The Labute approximate surface area is 158 Å². The molecule has 26 heavy (non-hydrogen) atoms. The van der Waals surface area contributed by atoms with Crippen LogP contribution in [0.15, 0.2) is 40.2 Å². The summed E-state index contributed by atoms with van der Waals surface area (Å²) >= 11 is 1.41. The first-order valence-electron chi connectivity index (χ1n) is 8.52. The van der Waals surface area contributed by atoms with Crippen LogP contribution in [0.4, 0.5) is 0 Å². The average molecular weight is 369 g/mol. The van der Waals surface area contributed by atoms with E-state index in [1.165, 1.54) is 11.8 Å². The third kappa shape index (κ3) is 3.29. The van der Waals surface area contributed by atoms with Crippen molar-refractivity contribution in [1.82, 2.24) is 9.47 Å². The molecule has 136 valence electrons. The number of benzene rings is 1. The number of aliphatic imine (C=N–C) groups is 1. The highest BCUT2D eigenvalue weighted by Gasteiger charge is 2.30. The Kier molecular flexibility index (Phi) is 5.23. The number of hydrogen-bond donors (Lipinski definition) is 0. The molecule has 2 aromatic rings. The fourth-order valence-electron chi connectivity index (χ4n) is 3.08. The Morgan fingerprint density at radius 3 is 2.50 bits per heavy atom. The van der Waals surface area contributed by atoms with Crippen molar-refractivity contribution >= 4 is 28.9 Å². The van der Waals surface area contributed by atoms with Crippen LogP contribution in [0.25, 0.3) is 11.8 Å². The number of carbonyl (C=O) groups is 1. The van der Waals surface area contributed by atoms with Gasteiger partial charge in [0.1, 0.15) is 5.75 Å². The highest BCUT2D eigenvalue weighted by atomic mass is 32.2. The van der Waals surface area contributed by atoms with Gasteiger partial charge in [-0.05, 0) is 74.5 Å². The summed E-state index contributed by atoms with van der Waals surface area (Å²) in [5, 5.41) is 0.724. The van der Waals surface area contributed by atoms with Crippen LogP contribution in [-0.4, -0.2) is 41.2 Å². The number of hydrogen-bond acceptors (Lipinski definition) is 4. The van der Waals surface area contributed by atoms with E-state index in [0.717, 1.165) is 33.6 Å². The van der Waals surface area contributed by atoms with E-state index in [2.05, 4.69) is 29.5 Å². The highest BCUT2D eigenvalue weighted by molar-refractivity contribution is 8.18. The van der Waals surface area contributed by atoms with Gasteiger partial charge < -0.3 is 9.30 Å². The molecule has 1 aromatic carbocycles. The number of aryl methyl sites for hydroxylation is 1. The lowest BCUT2D eigenvalue weighted by Crippen LogP contribution is -2.23. The van der Waals surface area contributed by atoms with Crippen molar-refractivity contribution in [3.8, 4) is 11.4 Å². The second-order valence-corrected chi connectivity index (χ2v) is 7.08. The van der Waals surface area contributed by atoms with Gasteiger partial charge in [-0.1, -0.05) is 0 Å². The van der Waals surface area contributed by atoms with Gasteiger partial charge in [0.05, 0.1) is 11.5 Å². The molecular weight excluding hydrogens is 346 g/mol. The number of amides is 1. The zero-order valence-electron chi connectivity index (χ0n) is 15.7. The molecule has 1 amide bonds. The van der Waals surface area contributed by atoms with E-state index < -0.39 is 0 Å². The predicted molar refractivity (Wildman–Crippen MR) is 108 cm³/mol. The summed E-state index contributed by atoms with van der Waals surface area (Å²) < 4.78 is 7.70. The fourth-order valence-corrected chi connectivity index (χ4v) is 4.00. The Morgan fingerprint density at radius 2 is 1.92 bits per heavy atom. The average Bonchev–Trinajstić information content (AvgIpc) is 3.06. The minimum absolute atomic E-state index is 0.0125. The molecule has 0 saturated carbocycles. The van der Waals surface area contributed by atoms with Gasteiger partial charge in [0.15, 0.2) is 5.17 Å². The van der Waals surface area contributed by atoms with Gasteiger partial charge in [-0.2, -0.15) is 0 Å². The molecule has 1 fully saturated rings. The number of rotatable bonds is 4. The quantitative estimate of drug-likeness (QED) is 0.765. The molecule has 0 spiro atoms. The second-order valence-electron chi connectivity index (χ2n) is 6.07. The molecule has 0 unspecified atom stereocenters. The first-order valence-corrected chi connectivity index (χ1v) is 9.34. The van der Waals surface area contributed by atoms with Crippen molar-refractivity contribution in [2.45, 2.75) is 20.8 Å². The third-order valence-corrected chi connectivity index (χ3v) is 5.51. The molecule has 0 radical (unpaired) electrons. The summed E-state index contributed by atoms with van der Waals surface area (Å²) in [4.78, 5) is 18.8. The van der Waals surface area contributed by atoms with Crippen LogP contribution in [0.3, 0.4) is 0 Å². The van der Waals surface area contributed by atoms with Gasteiger partial charge in [-0.3, -0.25) is 14.7 Å². The van der Waals surface area contributed by atoms with Crippen molar-refractivity contribution in [3.05, 3.63) is 52.2 Å². The molecule has 1 saturated heterocycles. The van der Waals surface area contributed by atoms with E-state index in [4.69, 9.17) is 4.74 Å². The smallest absolute Gasteiger partial charge is 0.266 e. The molecule has 0 bridgehead atoms. The molecule has 6 heteroatoms. The zero-order chi connectivity index (χ0) is 18.8. The number of amidine groups is 1. The van der Waals surface area contributed by atoms with Gasteiger partial charge in [-0.15, -0.1) is 0 Å². The Bertz CT molecular complexity index is 895. The van der Waals surface area contributed by atoms with Crippen LogP contribution >= 0.6 is 11.8 Å². The number of nitrogens with zero attached hydrogens (tertiary/aromatic N) is 3. The molecule has 1 aliphatic rings. The standard InChI is InChI=1S/C20H23N3O2S/c1-6-25-17-9-7-16(8-10-17)23-13(2)11-15(14(23)3)12-18-19(24)22(5)20(21-4)26-18/h7-12H,6H2,1-5H3/b18-12-,21-20?. The maximum absolute atomic E-state index is 12.4. The van der Waals surface area contributed by atoms with Crippen LogP contribution in [0.1, 0.15) is 23.9 Å². The molecule has 1 aliphatic heterocycles. The normalized spacial score (nSPS) is 17.6. The van der Waals surface area contributed by atoms with Gasteiger partial charge >= 0.3 is 0 Å². The summed E-state index contributed by atoms with van der Waals surface area (Å²) in [6, 6.07) is 10.2. The van der Waals surface area contributed by atoms with Crippen LogP contribution in [0, 0.1) is 13.8 Å². The molecule has 3 rings (SSSR count). The van der Waals surface area contributed by atoms with E-state index >= 15 is 0 Å². The summed E-state index contributed by atoms with van der Waals surface area (Å²) in [5.41, 5.74) is 4.33. The molecule has 1 aromatic heterocycles. The lowest BCUT2D eigenvalue weighted by molar-refractivity contribution is -0.121. The zero-order valence-corrected chi connectivity index (χ0v) is 16.6. The predicted octanol–water partition coefficient (Wildman–Crippen LogP) is 4.02. The molecule has 0 N–H and O–H groups in total. The summed E-state index contributed by atoms with van der Waals surface area (Å²) in [5.74, 6) is 0.852. The van der Waals surface area contributed by atoms with Gasteiger partial charge in [0.2, 0.25) is 0 Å². The highest BCUT2D eigenvalue weighted by Crippen LogP contribution is 2.33. The maximum atomic E-state index is 12.4. The lowest BCUT2D eigenvalue weighted by Gasteiger charge is -2.11. The summed E-state index contributed by atoms with van der Waals surface area (Å²) in [6.07, 6.45) is 1.95. The van der Waals surface area contributed by atoms with Crippen LogP contribution in [0.5, 0.6) is 5.75 Å². The number of ether oxygens (including phenoxy) is 1. The van der Waals surface area contributed by atoms with Gasteiger partial charge in [0.25, 0.3) is 5.91 Å².